The van der Waals surface area contributed by atoms with Gasteiger partial charge in [-0.15, -0.1) is 0 Å². The average Bonchev–Trinajstić information content (AvgIpc) is 3.18. The Morgan fingerprint density at radius 1 is 0.733 bits per heavy atom. The zero-order chi connectivity index (χ0) is 9.50. The fourth-order valence-corrected chi connectivity index (χ4v) is 88.0. The predicted octanol–water partition coefficient (Wildman–Crippen LogP) is 3.76. The van der Waals surface area contributed by atoms with Crippen molar-refractivity contribution in [2.24, 2.45) is 0 Å². The van der Waals surface area contributed by atoms with Crippen LogP contribution < -0.4 is 0 Å². The van der Waals surface area contributed by atoms with E-state index in [0.717, 1.165) is 6.42 Å². The van der Waals surface area contributed by atoms with E-state index in [1.807, 2.05) is 6.92 Å². The van der Waals surface area contributed by atoms with E-state index in [-0.39, 0.29) is 0 Å². The summed E-state index contributed by atoms with van der Waals surface area (Å²) in [6, 6.07) is 0. The molecule has 2 heteroatoms. The molecule has 0 aliphatic carbocycles. The number of hydrogen-bond acceptors (Lipinski definition) is 1. The van der Waals surface area contributed by atoms with E-state index in [1.54, 1.807) is 48.2 Å². The Balaban J connectivity index is 0.000000121. The molecule has 1 nitrogen and oxygen atoms in total. The van der Waals surface area contributed by atoms with Gasteiger partial charge in [-0.25, -0.2) is 0 Å². The summed E-state index contributed by atoms with van der Waals surface area (Å²) in [5.74, 6) is 0. The first kappa shape index (κ1) is 5.89. The second-order valence-electron chi connectivity index (χ2n) is 10.3. The molecule has 10 heterocycles. The molecular weight excluding hydrogens is 228 g/mol. The Morgan fingerprint density at radius 3 is 0.933 bits per heavy atom. The quantitative estimate of drug-likeness (QED) is 0.698. The summed E-state index contributed by atoms with van der Waals surface area (Å²) >= 11 is 0. The molecule has 84 valence electrons. The van der Waals surface area contributed by atoms with E-state index < -0.39 is 6.51 Å². The van der Waals surface area contributed by atoms with Crippen molar-refractivity contribution in [2.45, 2.75) is 61.5 Å². The monoisotopic (exact) mass is 246 g/mol. The van der Waals surface area contributed by atoms with E-state index in [1.165, 1.54) is 0 Å². The maximum absolute atomic E-state index is 7.88. The van der Waals surface area contributed by atoms with Gasteiger partial charge < -0.3 is 5.11 Å². The Morgan fingerprint density at radius 2 is 0.933 bits per heavy atom. The molecule has 0 aromatic carbocycles. The molecule has 0 saturated carbocycles. The van der Waals surface area contributed by atoms with Crippen LogP contribution in [-0.2, 0) is 6.51 Å². The summed E-state index contributed by atoms with van der Waals surface area (Å²) in [5.41, 5.74) is 0. The molecule has 10 rings (SSSR count). The zero-order valence-corrected chi connectivity index (χ0v) is 10.1. The standard InChI is InChI=1S/2C5H5.C3H8O.Fe/c2*1-2-4-5-3-1;1-2-3-4;/h2*1-5H;4H,2-3H2,1H3;. The van der Waals surface area contributed by atoms with Gasteiger partial charge in [0.15, 0.2) is 0 Å². The van der Waals surface area contributed by atoms with Gasteiger partial charge in [0.25, 0.3) is 0 Å². The zero-order valence-electron chi connectivity index (χ0n) is 8.99. The van der Waals surface area contributed by atoms with Gasteiger partial charge in [0.2, 0.25) is 0 Å². The van der Waals surface area contributed by atoms with E-state index in [4.69, 9.17) is 5.11 Å². The Hall–Kier alpha value is 0.479. The van der Waals surface area contributed by atoms with Crippen molar-refractivity contribution >= 4 is 0 Å². The molecule has 0 amide bonds. The number of aliphatic hydroxyl groups excluding tert-OH is 1. The molecule has 10 aliphatic heterocycles. The molecule has 10 fully saturated rings. The summed E-state index contributed by atoms with van der Waals surface area (Å²) in [6.45, 7) is -0.0333. The molecule has 0 atom stereocenters. The third kappa shape index (κ3) is 0.0556. The van der Waals surface area contributed by atoms with Crippen LogP contribution in [0.4, 0.5) is 0 Å². The van der Waals surface area contributed by atoms with Crippen LogP contribution in [0.5, 0.6) is 0 Å². The van der Waals surface area contributed by atoms with Crippen molar-refractivity contribution < 1.29 is 11.6 Å². The Kier molecular flexibility index (Phi) is 0.172. The van der Waals surface area contributed by atoms with E-state index in [2.05, 4.69) is 0 Å². The van der Waals surface area contributed by atoms with Gasteiger partial charge in [0, 0.05) is 6.61 Å². The third-order valence-electron chi connectivity index (χ3n) is 14.8. The minimum atomic E-state index is -2.28. The van der Waals surface area contributed by atoms with Gasteiger partial charge >= 0.3 is 54.7 Å². The van der Waals surface area contributed by atoms with E-state index >= 15 is 0 Å². The topological polar surface area (TPSA) is 20.2 Å². The molecule has 10 aliphatic rings. The van der Waals surface area contributed by atoms with Gasteiger partial charge in [0.05, 0.1) is 0 Å². The van der Waals surface area contributed by atoms with E-state index in [9.17, 15) is 0 Å². The molecular formula is C13H18FeO. The fourth-order valence-electron chi connectivity index (χ4n) is 15.8. The number of fused-ring (bicyclic) bond motifs is 10. The van der Waals surface area contributed by atoms with Gasteiger partial charge in [0.1, 0.15) is 0 Å². The van der Waals surface area contributed by atoms with Crippen molar-refractivity contribution in [3.63, 3.8) is 0 Å². The molecule has 15 heavy (non-hydrogen) atoms. The van der Waals surface area contributed by atoms with Crippen molar-refractivity contribution in [1.82, 2.24) is 0 Å². The van der Waals surface area contributed by atoms with Crippen LogP contribution in [0.1, 0.15) is 13.3 Å². The molecule has 1 N–H and O–H groups in total. The van der Waals surface area contributed by atoms with Gasteiger partial charge in [-0.3, -0.25) is 0 Å². The van der Waals surface area contributed by atoms with Crippen LogP contribution in [0.2, 0.25) is 48.2 Å². The molecule has 0 radical (unpaired) electrons. The fraction of sp³-hybridized carbons (Fsp3) is 1.00. The van der Waals surface area contributed by atoms with Crippen LogP contribution in [0.15, 0.2) is 0 Å². The van der Waals surface area contributed by atoms with Crippen LogP contribution in [0.3, 0.4) is 0 Å². The molecule has 0 aromatic rings. The van der Waals surface area contributed by atoms with Gasteiger partial charge in [-0.1, -0.05) is 6.92 Å². The minimum absolute atomic E-state index is 0.319. The average molecular weight is 246 g/mol. The van der Waals surface area contributed by atoms with Crippen molar-refractivity contribution in [3.05, 3.63) is 0 Å². The van der Waals surface area contributed by atoms with Gasteiger partial charge in [-0.2, -0.15) is 0 Å². The van der Waals surface area contributed by atoms with Crippen LogP contribution in [0, 0.1) is 0 Å². The Bertz CT molecular complexity index is 607. The van der Waals surface area contributed by atoms with Crippen LogP contribution >= 0.6 is 0 Å². The third-order valence-corrected chi connectivity index (χ3v) is 56.7. The summed E-state index contributed by atoms with van der Waals surface area (Å²) in [6.07, 6.45) is 0.875. The number of rotatable bonds is 1. The Labute approximate surface area is 79.9 Å². The normalized spacial score (nSPS) is 127. The second kappa shape index (κ2) is 0.438. The van der Waals surface area contributed by atoms with Crippen molar-refractivity contribution in [1.29, 1.82) is 0 Å². The van der Waals surface area contributed by atoms with Crippen LogP contribution in [-0.4, -0.2) is 11.7 Å². The molecule has 0 aromatic heterocycles. The number of hydrogen-bond donors (Lipinski definition) is 1. The summed E-state index contributed by atoms with van der Waals surface area (Å²) < 4.78 is 0. The van der Waals surface area contributed by atoms with Crippen molar-refractivity contribution in [2.75, 3.05) is 6.61 Å². The molecule has 10 saturated heterocycles. The molecule has 1 spiro atoms. The summed E-state index contributed by atoms with van der Waals surface area (Å²) in [4.78, 5) is 15.9. The van der Waals surface area contributed by atoms with Crippen molar-refractivity contribution in [3.8, 4) is 0 Å². The first-order valence-corrected chi connectivity index (χ1v) is 13.3. The maximum atomic E-state index is 7.88. The first-order chi connectivity index (χ1) is 7.07. The molecule has 0 bridgehead atoms. The summed E-state index contributed by atoms with van der Waals surface area (Å²) in [7, 11) is 0. The van der Waals surface area contributed by atoms with Gasteiger partial charge in [-0.05, 0) is 6.42 Å². The van der Waals surface area contributed by atoms with Crippen LogP contribution in [0.25, 0.3) is 0 Å². The first-order valence-electron chi connectivity index (χ1n) is 6.90. The summed E-state index contributed by atoms with van der Waals surface area (Å²) in [5, 5.41) is 7.88. The number of aliphatic hydroxyl groups is 1. The SMILES string of the molecule is CCCO.[CH]12[CH]3[CH]4[CH]5[CH]1[Fe]23451678[CH]2[CH]1[CH]6[CH]7[CH]28. The predicted molar refractivity (Wildman–Crippen MR) is 54.9 cm³/mol. The second-order valence-corrected chi connectivity index (χ2v) is 34.2. The van der Waals surface area contributed by atoms with E-state index in [0.29, 0.717) is 6.61 Å². The molecule has 0 unspecified atom stereocenters.